The van der Waals surface area contributed by atoms with Gasteiger partial charge in [0.25, 0.3) is 0 Å². The molecule has 1 aromatic heterocycles. The molecule has 4 heteroatoms. The van der Waals surface area contributed by atoms with Crippen molar-refractivity contribution in [2.75, 3.05) is 0 Å². The molecular formula is C7H8Br2N2. The third kappa shape index (κ3) is 2.17. The summed E-state index contributed by atoms with van der Waals surface area (Å²) in [7, 11) is 1.92. The lowest BCUT2D eigenvalue weighted by Gasteiger charge is -1.95. The number of aryl methyl sites for hydroxylation is 2. The van der Waals surface area contributed by atoms with Gasteiger partial charge in [-0.2, -0.15) is 5.10 Å². The van der Waals surface area contributed by atoms with E-state index in [0.29, 0.717) is 0 Å². The summed E-state index contributed by atoms with van der Waals surface area (Å²) in [5.74, 6) is 0. The lowest BCUT2D eigenvalue weighted by Crippen LogP contribution is -1.92. The second kappa shape index (κ2) is 3.54. The van der Waals surface area contributed by atoms with E-state index in [9.17, 15) is 0 Å². The van der Waals surface area contributed by atoms with E-state index >= 15 is 0 Å². The van der Waals surface area contributed by atoms with Gasteiger partial charge < -0.3 is 0 Å². The predicted octanol–water partition coefficient (Wildman–Crippen LogP) is 2.82. The molecule has 1 rings (SSSR count). The molecule has 0 aliphatic heterocycles. The molecular weight excluding hydrogens is 272 g/mol. The van der Waals surface area contributed by atoms with Crippen LogP contribution in [0.1, 0.15) is 11.3 Å². The van der Waals surface area contributed by atoms with Crippen LogP contribution in [0.15, 0.2) is 9.59 Å². The van der Waals surface area contributed by atoms with Gasteiger partial charge in [0.15, 0.2) is 0 Å². The van der Waals surface area contributed by atoms with Gasteiger partial charge >= 0.3 is 0 Å². The minimum Gasteiger partial charge on any atom is -0.268 e. The number of hydrogen-bond acceptors (Lipinski definition) is 1. The van der Waals surface area contributed by atoms with Crippen molar-refractivity contribution in [1.82, 2.24) is 9.78 Å². The molecule has 11 heavy (non-hydrogen) atoms. The first-order chi connectivity index (χ1) is 5.11. The number of aromatic nitrogens is 2. The summed E-state index contributed by atoms with van der Waals surface area (Å²) < 4.78 is 2.76. The summed E-state index contributed by atoms with van der Waals surface area (Å²) in [6.07, 6.45) is 3.82. The Bertz CT molecular complexity index is 265. The van der Waals surface area contributed by atoms with Gasteiger partial charge in [0.05, 0.1) is 15.3 Å². The second-order valence-corrected chi connectivity index (χ2v) is 5.04. The molecule has 0 N–H and O–H groups in total. The fourth-order valence-electron chi connectivity index (χ4n) is 0.867. The topological polar surface area (TPSA) is 17.8 Å². The molecule has 0 fully saturated rings. The monoisotopic (exact) mass is 278 g/mol. The Labute approximate surface area is 82.5 Å². The zero-order valence-electron chi connectivity index (χ0n) is 6.31. The molecule has 0 radical (unpaired) electrons. The first-order valence-corrected chi connectivity index (χ1v) is 4.71. The number of hydrogen-bond donors (Lipinski definition) is 0. The third-order valence-electron chi connectivity index (χ3n) is 1.42. The maximum absolute atomic E-state index is 4.10. The second-order valence-electron chi connectivity index (χ2n) is 2.27. The predicted molar refractivity (Wildman–Crippen MR) is 53.8 cm³/mol. The number of rotatable bonds is 1. The summed E-state index contributed by atoms with van der Waals surface area (Å²) >= 11 is 6.60. The first kappa shape index (κ1) is 9.00. The van der Waals surface area contributed by atoms with E-state index in [1.165, 1.54) is 5.56 Å². The summed E-state index contributed by atoms with van der Waals surface area (Å²) in [5, 5.41) is 4.10. The highest BCUT2D eigenvalue weighted by molar-refractivity contribution is 9.28. The normalized spacial score (nSPS) is 9.82. The molecule has 0 amide bonds. The Morgan fingerprint density at radius 3 is 2.64 bits per heavy atom. The van der Waals surface area contributed by atoms with Crippen LogP contribution in [-0.2, 0) is 7.05 Å². The van der Waals surface area contributed by atoms with Crippen LogP contribution < -0.4 is 0 Å². The van der Waals surface area contributed by atoms with Crippen molar-refractivity contribution >= 4 is 37.9 Å². The van der Waals surface area contributed by atoms with Crippen molar-refractivity contribution in [3.8, 4) is 0 Å². The highest BCUT2D eigenvalue weighted by Crippen LogP contribution is 2.19. The molecule has 0 aliphatic carbocycles. The van der Waals surface area contributed by atoms with E-state index in [0.717, 1.165) is 9.09 Å². The van der Waals surface area contributed by atoms with Crippen LogP contribution in [-0.4, -0.2) is 9.78 Å². The molecule has 0 aliphatic rings. The van der Waals surface area contributed by atoms with Gasteiger partial charge in [0.2, 0.25) is 0 Å². The molecule has 0 atom stereocenters. The van der Waals surface area contributed by atoms with Crippen molar-refractivity contribution < 1.29 is 0 Å². The molecule has 0 spiro atoms. The van der Waals surface area contributed by atoms with Gasteiger partial charge in [-0.25, -0.2) is 0 Å². The maximum atomic E-state index is 4.10. The summed E-state index contributed by atoms with van der Waals surface area (Å²) in [6, 6.07) is 0. The van der Waals surface area contributed by atoms with Crippen molar-refractivity contribution in [2.45, 2.75) is 6.92 Å². The average Bonchev–Trinajstić information content (AvgIpc) is 2.18. The summed E-state index contributed by atoms with van der Waals surface area (Å²) in [5.41, 5.74) is 2.28. The first-order valence-electron chi connectivity index (χ1n) is 3.12. The lowest BCUT2D eigenvalue weighted by atomic mass is 10.3. The van der Waals surface area contributed by atoms with Crippen molar-refractivity contribution in [2.24, 2.45) is 7.05 Å². The zero-order valence-corrected chi connectivity index (χ0v) is 9.48. The fraction of sp³-hybridized carbons (Fsp3) is 0.286. The molecule has 1 heterocycles. The number of halogens is 2. The van der Waals surface area contributed by atoms with Gasteiger partial charge in [-0.3, -0.25) is 4.68 Å². The van der Waals surface area contributed by atoms with Gasteiger partial charge in [0.1, 0.15) is 0 Å². The maximum Gasteiger partial charge on any atom is 0.0652 e. The Kier molecular flexibility index (Phi) is 2.90. The van der Waals surface area contributed by atoms with Gasteiger partial charge in [-0.1, -0.05) is 0 Å². The molecule has 1 aromatic rings. The Morgan fingerprint density at radius 2 is 2.27 bits per heavy atom. The Balaban J connectivity index is 3.11. The van der Waals surface area contributed by atoms with Crippen molar-refractivity contribution in [1.29, 1.82) is 0 Å². The van der Waals surface area contributed by atoms with Crippen LogP contribution in [0.4, 0.5) is 0 Å². The highest BCUT2D eigenvalue weighted by atomic mass is 79.9. The molecule has 0 saturated heterocycles. The van der Waals surface area contributed by atoms with Gasteiger partial charge in [-0.05, 0) is 50.4 Å². The third-order valence-corrected chi connectivity index (χ3v) is 1.88. The van der Waals surface area contributed by atoms with Crippen LogP contribution in [0.3, 0.4) is 0 Å². The Hall–Kier alpha value is -0.0900. The Morgan fingerprint density at radius 1 is 1.64 bits per heavy atom. The van der Waals surface area contributed by atoms with Gasteiger partial charge in [-0.15, -0.1) is 0 Å². The standard InChI is InChI=1S/C7H8Br2N2/c1-5-4-10-11(2)6(5)3-7(8)9/h3-4H,1-2H3. The van der Waals surface area contributed by atoms with E-state index < -0.39 is 0 Å². The van der Waals surface area contributed by atoms with Crippen LogP contribution in [0, 0.1) is 6.92 Å². The largest absolute Gasteiger partial charge is 0.268 e. The summed E-state index contributed by atoms with van der Waals surface area (Å²) in [6.45, 7) is 2.03. The fourth-order valence-corrected chi connectivity index (χ4v) is 1.30. The van der Waals surface area contributed by atoms with Crippen LogP contribution in [0.2, 0.25) is 0 Å². The van der Waals surface area contributed by atoms with Crippen LogP contribution in [0.5, 0.6) is 0 Å². The minimum absolute atomic E-state index is 0.928. The highest BCUT2D eigenvalue weighted by Gasteiger charge is 2.00. The average molecular weight is 280 g/mol. The minimum atomic E-state index is 0.928. The smallest absolute Gasteiger partial charge is 0.0652 e. The van der Waals surface area contributed by atoms with E-state index in [4.69, 9.17) is 0 Å². The van der Waals surface area contributed by atoms with Gasteiger partial charge in [0, 0.05) is 7.05 Å². The summed E-state index contributed by atoms with van der Waals surface area (Å²) in [4.78, 5) is 0. The lowest BCUT2D eigenvalue weighted by molar-refractivity contribution is 0.759. The number of nitrogens with zero attached hydrogens (tertiary/aromatic N) is 2. The van der Waals surface area contributed by atoms with Crippen LogP contribution in [0.25, 0.3) is 6.08 Å². The molecule has 60 valence electrons. The van der Waals surface area contributed by atoms with E-state index in [1.807, 2.05) is 30.9 Å². The van der Waals surface area contributed by atoms with Crippen molar-refractivity contribution in [3.63, 3.8) is 0 Å². The van der Waals surface area contributed by atoms with Crippen molar-refractivity contribution in [3.05, 3.63) is 20.8 Å². The molecule has 0 aromatic carbocycles. The van der Waals surface area contributed by atoms with E-state index in [1.54, 1.807) is 0 Å². The quantitative estimate of drug-likeness (QED) is 0.773. The van der Waals surface area contributed by atoms with E-state index in [2.05, 4.69) is 37.0 Å². The van der Waals surface area contributed by atoms with Crippen LogP contribution >= 0.6 is 31.9 Å². The molecule has 0 bridgehead atoms. The molecule has 0 unspecified atom stereocenters. The zero-order chi connectivity index (χ0) is 8.43. The molecule has 2 nitrogen and oxygen atoms in total. The SMILES string of the molecule is Cc1cnn(C)c1C=C(Br)Br. The molecule has 0 saturated carbocycles. The van der Waals surface area contributed by atoms with E-state index in [-0.39, 0.29) is 0 Å².